The summed E-state index contributed by atoms with van der Waals surface area (Å²) in [6.45, 7) is 0.366. The highest BCUT2D eigenvalue weighted by Crippen LogP contribution is 2.34. The maximum Gasteiger partial charge on any atom is 0.230 e. The number of primary amides is 1. The second-order valence-corrected chi connectivity index (χ2v) is 4.24. The molecule has 2 rings (SSSR count). The molecular formula is C12H14N2O2. The summed E-state index contributed by atoms with van der Waals surface area (Å²) < 4.78 is 0. The van der Waals surface area contributed by atoms with E-state index in [1.54, 1.807) is 11.9 Å². The average molecular weight is 218 g/mol. The van der Waals surface area contributed by atoms with Gasteiger partial charge in [-0.3, -0.25) is 9.59 Å². The van der Waals surface area contributed by atoms with Crippen molar-refractivity contribution in [3.63, 3.8) is 0 Å². The molecule has 0 radical (unpaired) electrons. The van der Waals surface area contributed by atoms with Crippen LogP contribution in [-0.4, -0.2) is 30.3 Å². The lowest BCUT2D eigenvalue weighted by molar-refractivity contribution is -0.128. The lowest BCUT2D eigenvalue weighted by atomic mass is 9.79. The third kappa shape index (κ3) is 1.46. The molecule has 1 unspecified atom stereocenters. The highest BCUT2D eigenvalue weighted by atomic mass is 16.2. The van der Waals surface area contributed by atoms with E-state index in [2.05, 4.69) is 0 Å². The van der Waals surface area contributed by atoms with Gasteiger partial charge in [-0.15, -0.1) is 0 Å². The van der Waals surface area contributed by atoms with E-state index in [4.69, 9.17) is 5.73 Å². The van der Waals surface area contributed by atoms with Gasteiger partial charge in [0.15, 0.2) is 0 Å². The van der Waals surface area contributed by atoms with Crippen LogP contribution in [0.3, 0.4) is 0 Å². The van der Waals surface area contributed by atoms with Crippen molar-refractivity contribution in [2.75, 3.05) is 13.6 Å². The summed E-state index contributed by atoms with van der Waals surface area (Å²) in [5, 5.41) is 0. The Balaban J connectivity index is 2.47. The molecule has 84 valence electrons. The normalized spacial score (nSPS) is 24.8. The highest BCUT2D eigenvalue weighted by Gasteiger charge is 2.47. The number of likely N-dealkylation sites (tertiary alicyclic amines) is 1. The highest BCUT2D eigenvalue weighted by molar-refractivity contribution is 5.96. The fourth-order valence-electron chi connectivity index (χ4n) is 2.20. The first-order chi connectivity index (χ1) is 7.56. The Morgan fingerprint density at radius 3 is 2.44 bits per heavy atom. The van der Waals surface area contributed by atoms with Gasteiger partial charge in [0.1, 0.15) is 5.41 Å². The summed E-state index contributed by atoms with van der Waals surface area (Å²) in [7, 11) is 1.69. The van der Waals surface area contributed by atoms with Crippen LogP contribution in [0.15, 0.2) is 30.3 Å². The van der Waals surface area contributed by atoms with Crippen molar-refractivity contribution in [3.05, 3.63) is 35.9 Å². The molecule has 2 N–H and O–H groups in total. The van der Waals surface area contributed by atoms with E-state index in [9.17, 15) is 9.59 Å². The van der Waals surface area contributed by atoms with Crippen LogP contribution in [0.25, 0.3) is 0 Å². The van der Waals surface area contributed by atoms with Gasteiger partial charge < -0.3 is 10.6 Å². The van der Waals surface area contributed by atoms with Crippen LogP contribution < -0.4 is 5.73 Å². The van der Waals surface area contributed by atoms with Crippen LogP contribution in [0.1, 0.15) is 12.0 Å². The number of nitrogens with two attached hydrogens (primary N) is 1. The second kappa shape index (κ2) is 3.63. The first-order valence-corrected chi connectivity index (χ1v) is 5.16. The van der Waals surface area contributed by atoms with Crippen molar-refractivity contribution in [1.82, 2.24) is 4.90 Å². The van der Waals surface area contributed by atoms with Crippen molar-refractivity contribution in [2.24, 2.45) is 5.73 Å². The minimum Gasteiger partial charge on any atom is -0.369 e. The molecule has 1 saturated heterocycles. The Bertz CT molecular complexity index is 430. The Kier molecular flexibility index (Phi) is 2.42. The van der Waals surface area contributed by atoms with E-state index in [1.807, 2.05) is 30.3 Å². The molecule has 0 saturated carbocycles. The van der Waals surface area contributed by atoms with Crippen molar-refractivity contribution in [2.45, 2.75) is 11.8 Å². The molecule has 4 nitrogen and oxygen atoms in total. The predicted octanol–water partition coefficient (Wildman–Crippen LogP) is 0.272. The standard InChI is InChI=1S/C12H14N2O2/c1-14-8-12(11(13)16,7-10(14)15)9-5-3-2-4-6-9/h2-6H,7-8H2,1H3,(H2,13,16). The van der Waals surface area contributed by atoms with E-state index >= 15 is 0 Å². The van der Waals surface area contributed by atoms with Gasteiger partial charge in [-0.05, 0) is 5.56 Å². The van der Waals surface area contributed by atoms with E-state index < -0.39 is 11.3 Å². The topological polar surface area (TPSA) is 63.4 Å². The quantitative estimate of drug-likeness (QED) is 0.774. The zero-order chi connectivity index (χ0) is 11.8. The summed E-state index contributed by atoms with van der Waals surface area (Å²) in [6, 6.07) is 9.26. The Labute approximate surface area is 94.0 Å². The van der Waals surface area contributed by atoms with E-state index in [0.29, 0.717) is 6.54 Å². The van der Waals surface area contributed by atoms with Crippen LogP contribution in [0, 0.1) is 0 Å². The number of carbonyl (C=O) groups excluding carboxylic acids is 2. The molecule has 1 fully saturated rings. The van der Waals surface area contributed by atoms with Gasteiger partial charge >= 0.3 is 0 Å². The minimum atomic E-state index is -0.854. The number of nitrogens with zero attached hydrogens (tertiary/aromatic N) is 1. The monoisotopic (exact) mass is 218 g/mol. The Morgan fingerprint density at radius 2 is 2.00 bits per heavy atom. The summed E-state index contributed by atoms with van der Waals surface area (Å²) in [5.41, 5.74) is 5.44. The van der Waals surface area contributed by atoms with Crippen LogP contribution in [0.2, 0.25) is 0 Å². The van der Waals surface area contributed by atoms with Gasteiger partial charge in [0.05, 0.1) is 0 Å². The number of rotatable bonds is 2. The smallest absolute Gasteiger partial charge is 0.230 e. The largest absolute Gasteiger partial charge is 0.369 e. The molecular weight excluding hydrogens is 204 g/mol. The number of hydrogen-bond donors (Lipinski definition) is 1. The summed E-state index contributed by atoms with van der Waals surface area (Å²) in [6.07, 6.45) is 0.169. The molecule has 0 bridgehead atoms. The number of carbonyl (C=O) groups is 2. The van der Waals surface area contributed by atoms with Gasteiger partial charge in [-0.1, -0.05) is 30.3 Å². The van der Waals surface area contributed by atoms with Crippen molar-refractivity contribution in [3.8, 4) is 0 Å². The second-order valence-electron chi connectivity index (χ2n) is 4.24. The molecule has 0 aliphatic carbocycles. The molecule has 1 aromatic rings. The average Bonchev–Trinajstić information content (AvgIpc) is 2.58. The van der Waals surface area contributed by atoms with Gasteiger partial charge in [0, 0.05) is 20.0 Å². The van der Waals surface area contributed by atoms with Crippen LogP contribution >= 0.6 is 0 Å². The Hall–Kier alpha value is -1.84. The molecule has 16 heavy (non-hydrogen) atoms. The maximum absolute atomic E-state index is 11.7. The molecule has 4 heteroatoms. The van der Waals surface area contributed by atoms with Crippen LogP contribution in [0.5, 0.6) is 0 Å². The molecule has 1 aliphatic rings. The van der Waals surface area contributed by atoms with E-state index in [-0.39, 0.29) is 12.3 Å². The SMILES string of the molecule is CN1CC(C(N)=O)(c2ccccc2)CC1=O. The summed E-state index contributed by atoms with van der Waals surface area (Å²) in [4.78, 5) is 24.8. The molecule has 0 aromatic heterocycles. The third-order valence-electron chi connectivity index (χ3n) is 3.18. The number of amides is 2. The minimum absolute atomic E-state index is 0.0392. The van der Waals surface area contributed by atoms with Gasteiger partial charge in [-0.25, -0.2) is 0 Å². The lowest BCUT2D eigenvalue weighted by Crippen LogP contribution is -2.43. The van der Waals surface area contributed by atoms with E-state index in [1.165, 1.54) is 0 Å². The lowest BCUT2D eigenvalue weighted by Gasteiger charge is -2.24. The fraction of sp³-hybridized carbons (Fsp3) is 0.333. The zero-order valence-electron chi connectivity index (χ0n) is 9.14. The molecule has 1 aromatic carbocycles. The van der Waals surface area contributed by atoms with Gasteiger partial charge in [0.25, 0.3) is 0 Å². The first-order valence-electron chi connectivity index (χ1n) is 5.16. The molecule has 1 atom stereocenters. The summed E-state index contributed by atoms with van der Waals surface area (Å²) in [5.74, 6) is -0.473. The van der Waals surface area contributed by atoms with Gasteiger partial charge in [0.2, 0.25) is 11.8 Å². The van der Waals surface area contributed by atoms with Gasteiger partial charge in [-0.2, -0.15) is 0 Å². The predicted molar refractivity (Wildman–Crippen MR) is 59.6 cm³/mol. The van der Waals surface area contributed by atoms with Crippen molar-refractivity contribution >= 4 is 11.8 Å². The number of hydrogen-bond acceptors (Lipinski definition) is 2. The van der Waals surface area contributed by atoms with E-state index in [0.717, 1.165) is 5.56 Å². The number of likely N-dealkylation sites (N-methyl/N-ethyl adjacent to an activating group) is 1. The zero-order valence-corrected chi connectivity index (χ0v) is 9.14. The van der Waals surface area contributed by atoms with Crippen molar-refractivity contribution in [1.29, 1.82) is 0 Å². The number of benzene rings is 1. The molecule has 2 amide bonds. The molecule has 0 spiro atoms. The Morgan fingerprint density at radius 1 is 1.38 bits per heavy atom. The molecule has 1 aliphatic heterocycles. The van der Waals surface area contributed by atoms with Crippen LogP contribution in [-0.2, 0) is 15.0 Å². The first kappa shape index (κ1) is 10.7. The third-order valence-corrected chi connectivity index (χ3v) is 3.18. The fourth-order valence-corrected chi connectivity index (χ4v) is 2.20. The summed E-state index contributed by atoms with van der Waals surface area (Å²) >= 11 is 0. The molecule has 1 heterocycles. The van der Waals surface area contributed by atoms with Crippen LogP contribution in [0.4, 0.5) is 0 Å². The van der Waals surface area contributed by atoms with Crippen molar-refractivity contribution < 1.29 is 9.59 Å². The maximum atomic E-state index is 11.7.